The first-order valence-electron chi connectivity index (χ1n) is 7.56. The molecule has 0 aliphatic carbocycles. The third-order valence-corrected chi connectivity index (χ3v) is 4.33. The fourth-order valence-electron chi connectivity index (χ4n) is 2.94. The van der Waals surface area contributed by atoms with Gasteiger partial charge in [0.25, 0.3) is 5.91 Å². The van der Waals surface area contributed by atoms with E-state index in [1.807, 2.05) is 6.92 Å². The Morgan fingerprint density at radius 3 is 2.78 bits per heavy atom. The van der Waals surface area contributed by atoms with Crippen molar-refractivity contribution < 1.29 is 9.18 Å². The largest absolute Gasteiger partial charge is 0.329 e. The summed E-state index contributed by atoms with van der Waals surface area (Å²) in [6.45, 7) is 7.08. The van der Waals surface area contributed by atoms with Crippen LogP contribution in [0.25, 0.3) is 0 Å². The molecule has 1 aromatic carbocycles. The molecule has 23 heavy (non-hydrogen) atoms. The number of aromatic nitrogens is 3. The summed E-state index contributed by atoms with van der Waals surface area (Å²) < 4.78 is 15.3. The van der Waals surface area contributed by atoms with Gasteiger partial charge < -0.3 is 9.47 Å². The first-order chi connectivity index (χ1) is 10.9. The van der Waals surface area contributed by atoms with E-state index in [9.17, 15) is 9.18 Å². The number of fused-ring (bicyclic) bond motifs is 1. The highest BCUT2D eigenvalue weighted by molar-refractivity contribution is 6.33. The Morgan fingerprint density at radius 2 is 2.13 bits per heavy atom. The number of carbonyl (C=O) groups is 1. The molecule has 0 saturated carbocycles. The highest BCUT2D eigenvalue weighted by Gasteiger charge is 2.30. The standard InChI is InChI=1S/C16H18ClFN4O/c1-9(2)15-20-19-14-8-21(7-10(3)22(14)15)16(23)12-5-4-11(18)6-13(12)17/h4-6,9-10H,7-8H2,1-3H3/t10-/m0/s1. The van der Waals surface area contributed by atoms with Crippen LogP contribution in [0.15, 0.2) is 18.2 Å². The minimum atomic E-state index is -0.458. The molecule has 122 valence electrons. The smallest absolute Gasteiger partial charge is 0.255 e. The molecule has 1 atom stereocenters. The van der Waals surface area contributed by atoms with E-state index in [0.717, 1.165) is 17.7 Å². The molecule has 0 unspecified atom stereocenters. The van der Waals surface area contributed by atoms with Crippen LogP contribution in [-0.4, -0.2) is 32.1 Å². The minimum absolute atomic E-state index is 0.0781. The van der Waals surface area contributed by atoms with Crippen molar-refractivity contribution in [3.05, 3.63) is 46.3 Å². The number of hydrogen-bond donors (Lipinski definition) is 0. The van der Waals surface area contributed by atoms with Gasteiger partial charge in [0.05, 0.1) is 23.2 Å². The molecular weight excluding hydrogens is 319 g/mol. The fraction of sp³-hybridized carbons (Fsp3) is 0.438. The van der Waals surface area contributed by atoms with Gasteiger partial charge in [0.15, 0.2) is 5.82 Å². The lowest BCUT2D eigenvalue weighted by atomic mass is 10.1. The van der Waals surface area contributed by atoms with Gasteiger partial charge >= 0.3 is 0 Å². The highest BCUT2D eigenvalue weighted by Crippen LogP contribution is 2.27. The number of halogens is 2. The van der Waals surface area contributed by atoms with Crippen molar-refractivity contribution in [2.75, 3.05) is 6.54 Å². The molecule has 0 fully saturated rings. The van der Waals surface area contributed by atoms with Crippen LogP contribution >= 0.6 is 11.6 Å². The first kappa shape index (κ1) is 15.9. The van der Waals surface area contributed by atoms with Crippen LogP contribution in [0, 0.1) is 5.82 Å². The average molecular weight is 337 g/mol. The summed E-state index contributed by atoms with van der Waals surface area (Å²) in [6, 6.07) is 3.89. The Kier molecular flexibility index (Phi) is 4.10. The lowest BCUT2D eigenvalue weighted by molar-refractivity contribution is 0.0679. The summed E-state index contributed by atoms with van der Waals surface area (Å²) in [6.07, 6.45) is 0. The Hall–Kier alpha value is -1.95. The molecule has 3 rings (SSSR count). The predicted molar refractivity (Wildman–Crippen MR) is 85.0 cm³/mol. The van der Waals surface area contributed by atoms with Gasteiger partial charge in [0, 0.05) is 12.5 Å². The van der Waals surface area contributed by atoms with Crippen LogP contribution in [0.1, 0.15) is 54.7 Å². The van der Waals surface area contributed by atoms with Crippen molar-refractivity contribution in [3.63, 3.8) is 0 Å². The number of rotatable bonds is 2. The maximum absolute atomic E-state index is 13.2. The van der Waals surface area contributed by atoms with E-state index < -0.39 is 5.82 Å². The van der Waals surface area contributed by atoms with Crippen molar-refractivity contribution in [1.82, 2.24) is 19.7 Å². The van der Waals surface area contributed by atoms with E-state index in [4.69, 9.17) is 11.6 Å². The van der Waals surface area contributed by atoms with E-state index in [1.54, 1.807) is 4.90 Å². The predicted octanol–water partition coefficient (Wildman–Crippen LogP) is 3.41. The normalized spacial score (nSPS) is 17.5. The van der Waals surface area contributed by atoms with Crippen LogP contribution in [0.3, 0.4) is 0 Å². The maximum atomic E-state index is 13.2. The van der Waals surface area contributed by atoms with Crippen LogP contribution < -0.4 is 0 Å². The average Bonchev–Trinajstić information content (AvgIpc) is 2.91. The molecule has 0 N–H and O–H groups in total. The van der Waals surface area contributed by atoms with Gasteiger partial charge in [0.2, 0.25) is 0 Å². The Morgan fingerprint density at radius 1 is 1.39 bits per heavy atom. The maximum Gasteiger partial charge on any atom is 0.255 e. The molecule has 5 nitrogen and oxygen atoms in total. The molecule has 0 bridgehead atoms. The second-order valence-corrected chi connectivity index (χ2v) is 6.57. The molecule has 1 aliphatic rings. The SMILES string of the molecule is CC(C)c1nnc2n1[C@@H](C)CN(C(=O)c1ccc(F)cc1Cl)C2. The Labute approximate surface area is 139 Å². The number of hydrogen-bond acceptors (Lipinski definition) is 3. The van der Waals surface area contributed by atoms with Crippen molar-refractivity contribution >= 4 is 17.5 Å². The third kappa shape index (κ3) is 2.83. The zero-order valence-electron chi connectivity index (χ0n) is 13.3. The van der Waals surface area contributed by atoms with E-state index >= 15 is 0 Å². The summed E-state index contributed by atoms with van der Waals surface area (Å²) in [5.74, 6) is 1.29. The van der Waals surface area contributed by atoms with Gasteiger partial charge in [-0.1, -0.05) is 25.4 Å². The van der Waals surface area contributed by atoms with E-state index in [-0.39, 0.29) is 22.9 Å². The molecule has 2 aromatic rings. The number of benzene rings is 1. The van der Waals surface area contributed by atoms with Gasteiger partial charge in [0.1, 0.15) is 11.6 Å². The van der Waals surface area contributed by atoms with Crippen molar-refractivity contribution in [2.45, 2.75) is 39.3 Å². The molecule has 1 aliphatic heterocycles. The Balaban J connectivity index is 1.89. The number of amides is 1. The third-order valence-electron chi connectivity index (χ3n) is 4.02. The molecule has 0 spiro atoms. The summed E-state index contributed by atoms with van der Waals surface area (Å²) >= 11 is 6.01. The van der Waals surface area contributed by atoms with E-state index in [2.05, 4.69) is 28.6 Å². The summed E-state index contributed by atoms with van der Waals surface area (Å²) in [5, 5.41) is 8.58. The second kappa shape index (κ2) is 5.92. The van der Waals surface area contributed by atoms with Gasteiger partial charge in [-0.05, 0) is 25.1 Å². The molecule has 2 heterocycles. The molecule has 0 saturated heterocycles. The van der Waals surface area contributed by atoms with Crippen LogP contribution in [-0.2, 0) is 6.54 Å². The highest BCUT2D eigenvalue weighted by atomic mass is 35.5. The zero-order chi connectivity index (χ0) is 16.7. The molecular formula is C16H18ClFN4O. The monoisotopic (exact) mass is 336 g/mol. The van der Waals surface area contributed by atoms with Gasteiger partial charge in [-0.25, -0.2) is 4.39 Å². The lowest BCUT2D eigenvalue weighted by Crippen LogP contribution is -2.41. The molecule has 1 aromatic heterocycles. The lowest BCUT2D eigenvalue weighted by Gasteiger charge is -2.33. The van der Waals surface area contributed by atoms with Gasteiger partial charge in [-0.2, -0.15) is 0 Å². The van der Waals surface area contributed by atoms with Crippen molar-refractivity contribution in [3.8, 4) is 0 Å². The Bertz CT molecular complexity index is 759. The molecule has 0 radical (unpaired) electrons. The van der Waals surface area contributed by atoms with Gasteiger partial charge in [-0.15, -0.1) is 10.2 Å². The van der Waals surface area contributed by atoms with Crippen molar-refractivity contribution in [2.24, 2.45) is 0 Å². The topological polar surface area (TPSA) is 51.0 Å². The quantitative estimate of drug-likeness (QED) is 0.844. The minimum Gasteiger partial charge on any atom is -0.329 e. The van der Waals surface area contributed by atoms with Gasteiger partial charge in [-0.3, -0.25) is 4.79 Å². The van der Waals surface area contributed by atoms with Crippen LogP contribution in [0.4, 0.5) is 4.39 Å². The fourth-order valence-corrected chi connectivity index (χ4v) is 3.19. The molecule has 1 amide bonds. The van der Waals surface area contributed by atoms with E-state index in [1.165, 1.54) is 12.1 Å². The van der Waals surface area contributed by atoms with E-state index in [0.29, 0.717) is 18.7 Å². The van der Waals surface area contributed by atoms with Crippen LogP contribution in [0.2, 0.25) is 5.02 Å². The molecule has 7 heteroatoms. The zero-order valence-corrected chi connectivity index (χ0v) is 14.0. The number of nitrogens with zero attached hydrogens (tertiary/aromatic N) is 4. The summed E-state index contributed by atoms with van der Waals surface area (Å²) in [4.78, 5) is 14.4. The second-order valence-electron chi connectivity index (χ2n) is 6.16. The first-order valence-corrected chi connectivity index (χ1v) is 7.94. The van der Waals surface area contributed by atoms with Crippen molar-refractivity contribution in [1.29, 1.82) is 0 Å². The van der Waals surface area contributed by atoms with Crippen LogP contribution in [0.5, 0.6) is 0 Å². The summed E-state index contributed by atoms with van der Waals surface area (Å²) in [5.41, 5.74) is 0.303. The summed E-state index contributed by atoms with van der Waals surface area (Å²) in [7, 11) is 0. The number of carbonyl (C=O) groups excluding carboxylic acids is 1.